The highest BCUT2D eigenvalue weighted by atomic mass is 32.1. The summed E-state index contributed by atoms with van der Waals surface area (Å²) in [6.07, 6.45) is 7.98. The summed E-state index contributed by atoms with van der Waals surface area (Å²) >= 11 is 4.48. The summed E-state index contributed by atoms with van der Waals surface area (Å²) in [5.41, 5.74) is 0.0786. The predicted molar refractivity (Wildman–Crippen MR) is 69.9 cm³/mol. The highest BCUT2D eigenvalue weighted by Gasteiger charge is 2.38. The third-order valence-electron chi connectivity index (χ3n) is 4.15. The molecule has 0 unspecified atom stereocenters. The molecule has 0 aromatic rings. The SMILES string of the molecule is O=C1CCC(=O)N1CC1(CS)CCCCCC1. The van der Waals surface area contributed by atoms with E-state index in [2.05, 4.69) is 12.6 Å². The van der Waals surface area contributed by atoms with Gasteiger partial charge in [0.15, 0.2) is 0 Å². The van der Waals surface area contributed by atoms with Crippen molar-refractivity contribution in [1.82, 2.24) is 4.90 Å². The Bertz CT molecular complexity index is 293. The molecule has 2 rings (SSSR count). The third-order valence-corrected chi connectivity index (χ3v) is 4.82. The van der Waals surface area contributed by atoms with E-state index < -0.39 is 0 Å². The van der Waals surface area contributed by atoms with Crippen LogP contribution in [-0.4, -0.2) is 29.0 Å². The lowest BCUT2D eigenvalue weighted by molar-refractivity contribution is -0.140. The van der Waals surface area contributed by atoms with Crippen LogP contribution >= 0.6 is 12.6 Å². The molecule has 1 saturated carbocycles. The van der Waals surface area contributed by atoms with E-state index in [4.69, 9.17) is 0 Å². The summed E-state index contributed by atoms with van der Waals surface area (Å²) < 4.78 is 0. The van der Waals surface area contributed by atoms with Gasteiger partial charge in [-0.2, -0.15) is 12.6 Å². The minimum absolute atomic E-state index is 0.0143. The van der Waals surface area contributed by atoms with Crippen molar-refractivity contribution in [2.24, 2.45) is 5.41 Å². The molecule has 2 amide bonds. The Balaban J connectivity index is 2.07. The fraction of sp³-hybridized carbons (Fsp3) is 0.846. The molecule has 0 N–H and O–H groups in total. The van der Waals surface area contributed by atoms with Crippen molar-refractivity contribution >= 4 is 24.4 Å². The van der Waals surface area contributed by atoms with E-state index in [0.717, 1.165) is 18.6 Å². The molecule has 0 aromatic carbocycles. The number of hydrogen-bond acceptors (Lipinski definition) is 3. The van der Waals surface area contributed by atoms with E-state index in [-0.39, 0.29) is 17.2 Å². The number of amides is 2. The van der Waals surface area contributed by atoms with Gasteiger partial charge in [-0.15, -0.1) is 0 Å². The van der Waals surface area contributed by atoms with Gasteiger partial charge in [0.25, 0.3) is 0 Å². The van der Waals surface area contributed by atoms with Crippen molar-refractivity contribution in [2.75, 3.05) is 12.3 Å². The third kappa shape index (κ3) is 2.84. The number of rotatable bonds is 3. The molecule has 3 nitrogen and oxygen atoms in total. The van der Waals surface area contributed by atoms with E-state index in [9.17, 15) is 9.59 Å². The van der Waals surface area contributed by atoms with Crippen molar-refractivity contribution in [3.8, 4) is 0 Å². The largest absolute Gasteiger partial charge is 0.282 e. The number of nitrogens with zero attached hydrogens (tertiary/aromatic N) is 1. The number of carbonyl (C=O) groups excluding carboxylic acids is 2. The summed E-state index contributed by atoms with van der Waals surface area (Å²) in [4.78, 5) is 24.9. The first kappa shape index (κ1) is 12.9. The van der Waals surface area contributed by atoms with E-state index >= 15 is 0 Å². The van der Waals surface area contributed by atoms with Gasteiger partial charge < -0.3 is 0 Å². The Hall–Kier alpha value is -0.510. The lowest BCUT2D eigenvalue weighted by atomic mass is 9.81. The lowest BCUT2D eigenvalue weighted by Crippen LogP contribution is -2.41. The van der Waals surface area contributed by atoms with E-state index in [0.29, 0.717) is 19.4 Å². The van der Waals surface area contributed by atoms with Crippen LogP contribution in [0.3, 0.4) is 0 Å². The van der Waals surface area contributed by atoms with Crippen molar-refractivity contribution < 1.29 is 9.59 Å². The van der Waals surface area contributed by atoms with Crippen LogP contribution in [0.15, 0.2) is 0 Å². The van der Waals surface area contributed by atoms with Crippen LogP contribution < -0.4 is 0 Å². The normalized spacial score (nSPS) is 25.1. The molecule has 0 spiro atoms. The van der Waals surface area contributed by atoms with Crippen molar-refractivity contribution in [3.63, 3.8) is 0 Å². The first-order chi connectivity index (χ1) is 8.17. The zero-order chi connectivity index (χ0) is 12.3. The fourth-order valence-corrected chi connectivity index (χ4v) is 3.40. The summed E-state index contributed by atoms with van der Waals surface area (Å²) in [6.45, 7) is 0.605. The van der Waals surface area contributed by atoms with Crippen molar-refractivity contribution in [1.29, 1.82) is 0 Å². The molecule has 0 bridgehead atoms. The first-order valence-corrected chi connectivity index (χ1v) is 7.24. The lowest BCUT2D eigenvalue weighted by Gasteiger charge is -2.34. The Labute approximate surface area is 108 Å². The van der Waals surface area contributed by atoms with Crippen LogP contribution in [0.2, 0.25) is 0 Å². The van der Waals surface area contributed by atoms with Gasteiger partial charge in [-0.25, -0.2) is 0 Å². The summed E-state index contributed by atoms with van der Waals surface area (Å²) in [5.74, 6) is 0.810. The zero-order valence-corrected chi connectivity index (χ0v) is 11.2. The number of thiol groups is 1. The molecule has 0 atom stereocenters. The fourth-order valence-electron chi connectivity index (χ4n) is 2.98. The molecule has 96 valence electrons. The minimum Gasteiger partial charge on any atom is -0.282 e. The molecule has 0 radical (unpaired) electrons. The van der Waals surface area contributed by atoms with Crippen LogP contribution in [0.4, 0.5) is 0 Å². The Morgan fingerprint density at radius 1 is 1.00 bits per heavy atom. The molecule has 17 heavy (non-hydrogen) atoms. The molecular weight excluding hydrogens is 234 g/mol. The van der Waals surface area contributed by atoms with Gasteiger partial charge in [0, 0.05) is 19.4 Å². The van der Waals surface area contributed by atoms with E-state index in [1.165, 1.54) is 30.6 Å². The standard InChI is InChI=1S/C13H21NO2S/c15-11-5-6-12(16)14(11)9-13(10-17)7-3-1-2-4-8-13/h17H,1-10H2. The van der Waals surface area contributed by atoms with Crippen molar-refractivity contribution in [3.05, 3.63) is 0 Å². The number of imide groups is 1. The monoisotopic (exact) mass is 255 g/mol. The average molecular weight is 255 g/mol. The van der Waals surface area contributed by atoms with Crippen molar-refractivity contribution in [2.45, 2.75) is 51.4 Å². The molecule has 0 aromatic heterocycles. The maximum Gasteiger partial charge on any atom is 0.229 e. The molecule has 1 aliphatic carbocycles. The molecule has 4 heteroatoms. The second-order valence-corrected chi connectivity index (χ2v) is 5.76. The highest BCUT2D eigenvalue weighted by Crippen LogP contribution is 2.37. The van der Waals surface area contributed by atoms with E-state index in [1.807, 2.05) is 0 Å². The van der Waals surface area contributed by atoms with Crippen LogP contribution in [0.25, 0.3) is 0 Å². The summed E-state index contributed by atoms with van der Waals surface area (Å²) in [6, 6.07) is 0. The van der Waals surface area contributed by atoms with Gasteiger partial charge in [-0.1, -0.05) is 25.7 Å². The van der Waals surface area contributed by atoms with Gasteiger partial charge in [0.05, 0.1) is 0 Å². The smallest absolute Gasteiger partial charge is 0.229 e. The molecule has 2 aliphatic rings. The molecule has 1 saturated heterocycles. The van der Waals surface area contributed by atoms with Crippen LogP contribution in [-0.2, 0) is 9.59 Å². The van der Waals surface area contributed by atoms with Gasteiger partial charge in [-0.3, -0.25) is 14.5 Å². The van der Waals surface area contributed by atoms with Crippen LogP contribution in [0.1, 0.15) is 51.4 Å². The van der Waals surface area contributed by atoms with Gasteiger partial charge in [0.1, 0.15) is 0 Å². The molecule has 2 fully saturated rings. The number of likely N-dealkylation sites (tertiary alicyclic amines) is 1. The minimum atomic E-state index is 0.0143. The number of carbonyl (C=O) groups is 2. The Morgan fingerprint density at radius 3 is 2.00 bits per heavy atom. The number of hydrogen-bond donors (Lipinski definition) is 1. The topological polar surface area (TPSA) is 37.4 Å². The second-order valence-electron chi connectivity index (χ2n) is 5.45. The molecule has 1 heterocycles. The maximum absolute atomic E-state index is 11.7. The van der Waals surface area contributed by atoms with Crippen LogP contribution in [0, 0.1) is 5.41 Å². The van der Waals surface area contributed by atoms with Gasteiger partial charge >= 0.3 is 0 Å². The molecule has 1 aliphatic heterocycles. The maximum atomic E-state index is 11.7. The zero-order valence-electron chi connectivity index (χ0n) is 10.3. The molecular formula is C13H21NO2S. The quantitative estimate of drug-likeness (QED) is 0.478. The second kappa shape index (κ2) is 5.42. The average Bonchev–Trinajstić information content (AvgIpc) is 2.58. The van der Waals surface area contributed by atoms with Gasteiger partial charge in [0.2, 0.25) is 11.8 Å². The predicted octanol–water partition coefficient (Wildman–Crippen LogP) is 2.41. The first-order valence-electron chi connectivity index (χ1n) is 6.61. The summed E-state index contributed by atoms with van der Waals surface area (Å²) in [5, 5.41) is 0. The van der Waals surface area contributed by atoms with Gasteiger partial charge in [-0.05, 0) is 24.0 Å². The van der Waals surface area contributed by atoms with E-state index in [1.54, 1.807) is 0 Å². The Kier molecular flexibility index (Phi) is 4.13. The Morgan fingerprint density at radius 2 is 1.53 bits per heavy atom. The highest BCUT2D eigenvalue weighted by molar-refractivity contribution is 7.80. The van der Waals surface area contributed by atoms with Crippen LogP contribution in [0.5, 0.6) is 0 Å². The summed E-state index contributed by atoms with van der Waals surface area (Å²) in [7, 11) is 0.